The summed E-state index contributed by atoms with van der Waals surface area (Å²) >= 11 is 0. The van der Waals surface area contributed by atoms with Crippen LogP contribution in [0.1, 0.15) is 0 Å². The molecule has 58 heavy (non-hydrogen) atoms. The summed E-state index contributed by atoms with van der Waals surface area (Å²) in [4.78, 5) is 2.48. The van der Waals surface area contributed by atoms with Crippen molar-refractivity contribution in [3.05, 3.63) is 231 Å². The summed E-state index contributed by atoms with van der Waals surface area (Å²) in [5, 5.41) is 7.49. The van der Waals surface area contributed by atoms with Crippen molar-refractivity contribution in [2.45, 2.75) is 0 Å². The van der Waals surface area contributed by atoms with Crippen LogP contribution >= 0.6 is 0 Å². The normalized spacial score (nSPS) is 11.4. The fourth-order valence-corrected chi connectivity index (χ4v) is 8.95. The lowest BCUT2D eigenvalue weighted by Crippen LogP contribution is -2.13. The van der Waals surface area contributed by atoms with E-state index in [9.17, 15) is 0 Å². The lowest BCUT2D eigenvalue weighted by molar-refractivity contribution is 1.17. The number of fused-ring (bicyclic) bond motifs is 6. The Labute approximate surface area is 338 Å². The molecule has 10 aromatic carbocycles. The maximum absolute atomic E-state index is 2.48. The van der Waals surface area contributed by atoms with E-state index in [-0.39, 0.29) is 0 Å². The number of hydrogen-bond donors (Lipinski definition) is 0. The third kappa shape index (κ3) is 5.66. The molecule has 0 unspecified atom stereocenters. The van der Waals surface area contributed by atoms with Gasteiger partial charge >= 0.3 is 0 Å². The SMILES string of the molecule is c1ccc(-c2ccccc2N(c2cccc(-n3c4ccccc4c4ccccc43)c2)c2cc(-c3cc4ccccc4c4ccccc34)ccc2-c2ccccc2)cc1. The lowest BCUT2D eigenvalue weighted by atomic mass is 9.91. The first-order chi connectivity index (χ1) is 28.8. The van der Waals surface area contributed by atoms with Gasteiger partial charge in [-0.3, -0.25) is 0 Å². The molecule has 2 heteroatoms. The highest BCUT2D eigenvalue weighted by Crippen LogP contribution is 2.47. The predicted octanol–water partition coefficient (Wildman–Crippen LogP) is 15.6. The van der Waals surface area contributed by atoms with Crippen molar-refractivity contribution in [3.63, 3.8) is 0 Å². The molecule has 0 fully saturated rings. The molecule has 0 amide bonds. The van der Waals surface area contributed by atoms with Crippen LogP contribution in [0.5, 0.6) is 0 Å². The standard InChI is InChI=1S/C56H38N2/c1-3-18-39(19-4-1)46-26-11-14-31-53(46)58(44-24-17-23-43(38-44)57-54-32-15-12-29-50(54)51-30-13-16-33-55(51)57)56-37-42(34-35-47(56)40-20-5-2-6-21-40)52-36-41-22-7-8-25-45(41)48-27-9-10-28-49(48)52/h1-38H. The highest BCUT2D eigenvalue weighted by Gasteiger charge is 2.23. The van der Waals surface area contributed by atoms with Crippen LogP contribution in [-0.2, 0) is 0 Å². The van der Waals surface area contributed by atoms with Gasteiger partial charge < -0.3 is 9.47 Å². The lowest BCUT2D eigenvalue weighted by Gasteiger charge is -2.31. The molecule has 0 aliphatic rings. The molecule has 272 valence electrons. The van der Waals surface area contributed by atoms with Gasteiger partial charge in [-0.2, -0.15) is 0 Å². The van der Waals surface area contributed by atoms with Crippen molar-refractivity contribution in [3.8, 4) is 39.1 Å². The minimum atomic E-state index is 1.07. The largest absolute Gasteiger partial charge is 0.309 e. The smallest absolute Gasteiger partial charge is 0.0546 e. The predicted molar refractivity (Wildman–Crippen MR) is 247 cm³/mol. The zero-order valence-electron chi connectivity index (χ0n) is 31.8. The summed E-state index contributed by atoms with van der Waals surface area (Å²) in [5.74, 6) is 0. The highest BCUT2D eigenvalue weighted by atomic mass is 15.2. The van der Waals surface area contributed by atoms with E-state index in [1.165, 1.54) is 54.5 Å². The number of para-hydroxylation sites is 3. The maximum atomic E-state index is 2.48. The van der Waals surface area contributed by atoms with Crippen molar-refractivity contribution in [2.24, 2.45) is 0 Å². The molecule has 1 aromatic heterocycles. The third-order valence-corrected chi connectivity index (χ3v) is 11.6. The molecule has 0 saturated heterocycles. The molecular weight excluding hydrogens is 701 g/mol. The monoisotopic (exact) mass is 738 g/mol. The molecule has 0 atom stereocenters. The summed E-state index contributed by atoms with van der Waals surface area (Å²) in [6, 6.07) is 83.9. The van der Waals surface area contributed by atoms with Gasteiger partial charge in [-0.25, -0.2) is 0 Å². The van der Waals surface area contributed by atoms with E-state index in [1.807, 2.05) is 0 Å². The van der Waals surface area contributed by atoms with Crippen molar-refractivity contribution in [2.75, 3.05) is 4.90 Å². The fraction of sp³-hybridized carbons (Fsp3) is 0. The molecule has 0 radical (unpaired) electrons. The maximum Gasteiger partial charge on any atom is 0.0546 e. The average Bonchev–Trinajstić information content (AvgIpc) is 3.64. The average molecular weight is 739 g/mol. The van der Waals surface area contributed by atoms with Crippen molar-refractivity contribution < 1.29 is 0 Å². The first kappa shape index (κ1) is 33.6. The topological polar surface area (TPSA) is 8.17 Å². The van der Waals surface area contributed by atoms with Gasteiger partial charge in [-0.05, 0) is 92.3 Å². The number of nitrogens with zero attached hydrogens (tertiary/aromatic N) is 2. The van der Waals surface area contributed by atoms with E-state index in [4.69, 9.17) is 0 Å². The summed E-state index contributed by atoms with van der Waals surface area (Å²) in [5.41, 5.74) is 13.8. The Morgan fingerprint density at radius 1 is 0.293 bits per heavy atom. The summed E-state index contributed by atoms with van der Waals surface area (Å²) in [6.07, 6.45) is 0. The molecule has 0 N–H and O–H groups in total. The Morgan fingerprint density at radius 2 is 0.845 bits per heavy atom. The number of hydrogen-bond acceptors (Lipinski definition) is 1. The van der Waals surface area contributed by atoms with Crippen molar-refractivity contribution in [1.29, 1.82) is 0 Å². The van der Waals surface area contributed by atoms with E-state index in [0.29, 0.717) is 0 Å². The van der Waals surface area contributed by atoms with Crippen molar-refractivity contribution >= 4 is 60.4 Å². The van der Waals surface area contributed by atoms with Gasteiger partial charge in [-0.15, -0.1) is 0 Å². The van der Waals surface area contributed by atoms with Gasteiger partial charge in [-0.1, -0.05) is 182 Å². The Kier molecular flexibility index (Phi) is 8.19. The van der Waals surface area contributed by atoms with Crippen LogP contribution < -0.4 is 4.90 Å². The van der Waals surface area contributed by atoms with E-state index < -0.39 is 0 Å². The number of anilines is 3. The van der Waals surface area contributed by atoms with E-state index >= 15 is 0 Å². The van der Waals surface area contributed by atoms with E-state index in [1.54, 1.807) is 0 Å². The molecule has 0 bridgehead atoms. The van der Waals surface area contributed by atoms with E-state index in [2.05, 4.69) is 240 Å². The van der Waals surface area contributed by atoms with Crippen LogP contribution in [0.15, 0.2) is 231 Å². The second-order valence-corrected chi connectivity index (χ2v) is 14.9. The Balaban J connectivity index is 1.22. The molecular formula is C56H38N2. The van der Waals surface area contributed by atoms with Crippen LogP contribution in [0.4, 0.5) is 17.1 Å². The first-order valence-corrected chi connectivity index (χ1v) is 19.9. The van der Waals surface area contributed by atoms with Gasteiger partial charge in [0.15, 0.2) is 0 Å². The van der Waals surface area contributed by atoms with Crippen LogP contribution in [0.3, 0.4) is 0 Å². The highest BCUT2D eigenvalue weighted by molar-refractivity contribution is 6.14. The van der Waals surface area contributed by atoms with Crippen LogP contribution in [0.2, 0.25) is 0 Å². The van der Waals surface area contributed by atoms with Crippen molar-refractivity contribution in [1.82, 2.24) is 4.57 Å². The summed E-state index contributed by atoms with van der Waals surface area (Å²) in [7, 11) is 0. The molecule has 2 nitrogen and oxygen atoms in total. The second-order valence-electron chi connectivity index (χ2n) is 14.9. The molecule has 0 saturated carbocycles. The number of aromatic nitrogens is 1. The fourth-order valence-electron chi connectivity index (χ4n) is 8.95. The second kappa shape index (κ2) is 14.1. The molecule has 0 aliphatic heterocycles. The van der Waals surface area contributed by atoms with Crippen LogP contribution in [0.25, 0.3) is 82.4 Å². The van der Waals surface area contributed by atoms with Crippen LogP contribution in [0, 0.1) is 0 Å². The Morgan fingerprint density at radius 3 is 1.55 bits per heavy atom. The van der Waals surface area contributed by atoms with Gasteiger partial charge in [0, 0.05) is 33.3 Å². The molecule has 11 aromatic rings. The van der Waals surface area contributed by atoms with Gasteiger partial charge in [0.1, 0.15) is 0 Å². The molecule has 1 heterocycles. The zero-order valence-corrected chi connectivity index (χ0v) is 31.8. The van der Waals surface area contributed by atoms with Crippen LogP contribution in [-0.4, -0.2) is 4.57 Å². The quantitative estimate of drug-likeness (QED) is 0.148. The third-order valence-electron chi connectivity index (χ3n) is 11.6. The minimum absolute atomic E-state index is 1.07. The minimum Gasteiger partial charge on any atom is -0.309 e. The molecule has 0 spiro atoms. The summed E-state index contributed by atoms with van der Waals surface area (Å²) in [6.45, 7) is 0. The van der Waals surface area contributed by atoms with Gasteiger partial charge in [0.25, 0.3) is 0 Å². The Bertz CT molecular complexity index is 3230. The zero-order chi connectivity index (χ0) is 38.4. The summed E-state index contributed by atoms with van der Waals surface area (Å²) < 4.78 is 2.41. The first-order valence-electron chi connectivity index (χ1n) is 19.9. The van der Waals surface area contributed by atoms with Gasteiger partial charge in [0.2, 0.25) is 0 Å². The molecule has 11 rings (SSSR count). The number of benzene rings is 10. The van der Waals surface area contributed by atoms with E-state index in [0.717, 1.165) is 45.0 Å². The Hall–Kier alpha value is -7.68. The molecule has 0 aliphatic carbocycles. The van der Waals surface area contributed by atoms with Gasteiger partial charge in [0.05, 0.1) is 22.4 Å². The number of rotatable bonds is 7.